The minimum Gasteiger partial charge on any atom is -0.394 e. The molecule has 3 fully saturated rings. The zero-order valence-electron chi connectivity index (χ0n) is 66.0. The molecule has 9 aromatic carbocycles. The van der Waals surface area contributed by atoms with E-state index < -0.39 is 105 Å². The minimum atomic E-state index is -3.85. The van der Waals surface area contributed by atoms with E-state index >= 15 is 0 Å². The molecule has 3 saturated heterocycles. The lowest BCUT2D eigenvalue weighted by Gasteiger charge is -2.50. The average Bonchev–Trinajstić information content (AvgIpc) is 0.738. The molecule has 0 aliphatic carbocycles. The van der Waals surface area contributed by atoms with E-state index in [1.54, 1.807) is 20.8 Å². The smallest absolute Gasteiger partial charge is 0.380 e. The van der Waals surface area contributed by atoms with Crippen molar-refractivity contribution in [3.8, 4) is 0 Å². The maximum atomic E-state index is 13.0. The van der Waals surface area contributed by atoms with Crippen LogP contribution in [-0.4, -0.2) is 133 Å². The number of H-pyrrole nitrogens is 3. The molecule has 0 radical (unpaired) electrons. The highest BCUT2D eigenvalue weighted by Gasteiger charge is 2.50. The molecule has 3 aliphatic heterocycles. The Kier molecular flexibility index (Phi) is 30.6. The predicted octanol–water partition coefficient (Wildman–Crippen LogP) is 16.6. The van der Waals surface area contributed by atoms with Crippen LogP contribution >= 0.6 is 85.4 Å². The third kappa shape index (κ3) is 22.0. The molecule has 0 spiro atoms. The van der Waals surface area contributed by atoms with Crippen LogP contribution in [0.5, 0.6) is 0 Å². The third-order valence-electron chi connectivity index (χ3n) is 21.1. The number of hydrogen-bond donors (Lipinski definition) is 4. The highest BCUT2D eigenvalue weighted by atomic mass is 36.0. The van der Waals surface area contributed by atoms with Crippen LogP contribution in [0.1, 0.15) is 85.4 Å². The van der Waals surface area contributed by atoms with Gasteiger partial charge in [0.05, 0.1) is 54.7 Å². The van der Waals surface area contributed by atoms with Crippen molar-refractivity contribution in [3.63, 3.8) is 0 Å². The van der Waals surface area contributed by atoms with Gasteiger partial charge in [-0.1, -0.05) is 273 Å². The molecule has 0 bridgehead atoms. The van der Waals surface area contributed by atoms with Gasteiger partial charge in [-0.3, -0.25) is 71.4 Å². The summed E-state index contributed by atoms with van der Waals surface area (Å²) in [6.07, 6.45) is -3.48. The lowest BCUT2D eigenvalue weighted by molar-refractivity contribution is -0.151. The third-order valence-corrected chi connectivity index (χ3v) is 23.0. The molecule has 15 rings (SSSR count). The van der Waals surface area contributed by atoms with Gasteiger partial charge < -0.3 is 28.4 Å². The molecule has 0 saturated carbocycles. The zero-order chi connectivity index (χ0) is 86.3. The summed E-state index contributed by atoms with van der Waals surface area (Å²) in [6, 6.07) is 91.4. The van der Waals surface area contributed by atoms with E-state index in [4.69, 9.17) is 57.0 Å². The number of rotatable bonds is 22. The molecule has 3 aliphatic rings. The average molecular weight is 1820 g/mol. The molecular formula is C88H88Cl6N9O15P3. The summed E-state index contributed by atoms with van der Waals surface area (Å²) in [6.45, 7) is 4.53. The van der Waals surface area contributed by atoms with Gasteiger partial charge in [-0.25, -0.2) is 14.4 Å². The largest absolute Gasteiger partial charge is 0.394 e. The molecule has 632 valence electrons. The minimum absolute atomic E-state index is 0.0458. The van der Waals surface area contributed by atoms with E-state index in [0.717, 1.165) is 50.1 Å². The Morgan fingerprint density at radius 3 is 0.744 bits per heavy atom. The Balaban J connectivity index is 0.000000162. The summed E-state index contributed by atoms with van der Waals surface area (Å²) in [5.41, 5.74) is 5.01. The van der Waals surface area contributed by atoms with Crippen LogP contribution in [0.3, 0.4) is 0 Å². The number of ether oxygens (including phenoxy) is 3. The number of aromatic nitrogens is 6. The first-order valence-corrected chi connectivity index (χ1v) is 49.3. The molecule has 3 aromatic heterocycles. The lowest BCUT2D eigenvalue weighted by atomic mass is 9.75. The molecule has 121 heavy (non-hydrogen) atoms. The van der Waals surface area contributed by atoms with Gasteiger partial charge in [-0.05, 0) is 138 Å². The Morgan fingerprint density at radius 1 is 0.347 bits per heavy atom. The molecule has 7 atom stereocenters. The Morgan fingerprint density at radius 2 is 0.545 bits per heavy atom. The van der Waals surface area contributed by atoms with Crippen molar-refractivity contribution in [2.75, 3.05) is 65.8 Å². The first-order chi connectivity index (χ1) is 57.9. The van der Waals surface area contributed by atoms with E-state index in [9.17, 15) is 47.6 Å². The second-order valence-corrected chi connectivity index (χ2v) is 43.6. The highest BCUT2D eigenvalue weighted by Crippen LogP contribution is 2.61. The number of nitrogens with zero attached hydrogens (tertiary/aromatic N) is 6. The van der Waals surface area contributed by atoms with Gasteiger partial charge in [0.25, 0.3) is 23.4 Å². The number of hydrogen-bond acceptors (Lipinski definition) is 18. The van der Waals surface area contributed by atoms with E-state index in [-0.39, 0.29) is 26.4 Å². The van der Waals surface area contributed by atoms with Gasteiger partial charge in [-0.15, -0.1) is 0 Å². The molecular weight excluding hydrogens is 1730 g/mol. The van der Waals surface area contributed by atoms with Crippen molar-refractivity contribution < 1.29 is 42.1 Å². The standard InChI is InChI=1S/C30H31ClN3O5P.C29H28Cl2N3O5P.C29H29N3O4.Cl3OP/c1-22-18-34(29(36)32-28(22)35)27-20-33(19-26(39-27)21-38-40(2,31)37)30(23-12-6-3-7-13-23,24-14-8-4-9-15-24)25-16-10-5-11-17-25;1-21-17-34(28(36)32-27(21)35)26-19-33(18-25(39-26)20-38-40(30,31)37)29(22-11-5-2-6-12-22,23-13-7-3-8-14-23)24-15-9-4-10-16-24;1-21-17-32(28(35)30-27(21)34)26-19-31(18-25(20-33)36-26)29(22-11-5-2-6-12-22,23-13-7-3-8-14-23)24-15-9-4-10-16-24;1-5(2,3)4/h3-18,26-27H,19-21H2,1-2H3,(H,32,35,36);2-17,25-26H,18-20H2,1H3,(H,32,35,36);2-17,25-26,33H,18-20H2,1H3,(H,30,34,35);. The molecule has 0 amide bonds. The zero-order valence-corrected chi connectivity index (χ0v) is 73.2. The Labute approximate surface area is 726 Å². The monoisotopic (exact) mass is 1810 g/mol. The van der Waals surface area contributed by atoms with Crippen LogP contribution < -0.4 is 33.7 Å². The lowest BCUT2D eigenvalue weighted by Crippen LogP contribution is -2.58. The number of halogens is 6. The summed E-state index contributed by atoms with van der Waals surface area (Å²) < 4.78 is 67.7. The van der Waals surface area contributed by atoms with Crippen LogP contribution in [-0.2, 0) is 53.6 Å². The topological polar surface area (TPSA) is 292 Å². The Bertz CT molecular complexity index is 5430. The number of benzene rings is 9. The first kappa shape index (κ1) is 91.3. The van der Waals surface area contributed by atoms with Crippen LogP contribution in [0.25, 0.3) is 0 Å². The van der Waals surface area contributed by atoms with Gasteiger partial charge in [0.2, 0.25) is 0 Å². The summed E-state index contributed by atoms with van der Waals surface area (Å²) in [5.74, 6) is 0. The fourth-order valence-electron chi connectivity index (χ4n) is 16.1. The van der Waals surface area contributed by atoms with E-state index in [1.165, 1.54) is 39.0 Å². The summed E-state index contributed by atoms with van der Waals surface area (Å²) >= 11 is 31.2. The highest BCUT2D eigenvalue weighted by molar-refractivity contribution is 8.24. The van der Waals surface area contributed by atoms with Gasteiger partial charge in [-0.2, -0.15) is 0 Å². The van der Waals surface area contributed by atoms with Crippen LogP contribution in [0.4, 0.5) is 0 Å². The SMILES string of the molecule is Cc1cn(C2CN(C(c3ccccc3)(c3ccccc3)c3ccccc3)CC(CO)O2)c(=O)[nH]c1=O.Cc1cn(C2CN(C(c3ccccc3)(c3ccccc3)c3ccccc3)CC(COP(=O)(Cl)Cl)O2)c(=O)[nH]c1=O.Cc1cn(C2CN(C(c3ccccc3)(c3ccccc3)c3ccccc3)CC(COP(C)(=O)Cl)O2)c(=O)[nH]c1=O.O=P(Cl)(Cl)Cl. The van der Waals surface area contributed by atoms with E-state index in [2.05, 4.69) is 173 Å². The number of aryl methyl sites for hydroxylation is 3. The predicted molar refractivity (Wildman–Crippen MR) is 475 cm³/mol. The second kappa shape index (κ2) is 40.6. The summed E-state index contributed by atoms with van der Waals surface area (Å²) in [7, 11) is 0. The fraction of sp³-hybridized carbons (Fsp3) is 0.250. The number of aliphatic hydroxyl groups is 1. The number of aromatic amines is 3. The van der Waals surface area contributed by atoms with Gasteiger partial charge >= 0.3 is 28.3 Å². The van der Waals surface area contributed by atoms with Crippen LogP contribution in [0, 0.1) is 20.8 Å². The molecule has 33 heteroatoms. The van der Waals surface area contributed by atoms with Crippen molar-refractivity contribution in [1.29, 1.82) is 0 Å². The van der Waals surface area contributed by atoms with Crippen molar-refractivity contribution in [2.45, 2.75) is 74.4 Å². The summed E-state index contributed by atoms with van der Waals surface area (Å²) in [4.78, 5) is 88.9. The van der Waals surface area contributed by atoms with Crippen molar-refractivity contribution in [3.05, 3.63) is 421 Å². The molecule has 7 unspecified atom stereocenters. The quantitative estimate of drug-likeness (QED) is 0.0362. The second-order valence-electron chi connectivity index (χ2n) is 29.0. The van der Waals surface area contributed by atoms with Gasteiger partial charge in [0.15, 0.2) is 18.7 Å². The van der Waals surface area contributed by atoms with Crippen LogP contribution in [0.2, 0.25) is 0 Å². The van der Waals surface area contributed by atoms with E-state index in [1.807, 2.05) is 164 Å². The van der Waals surface area contributed by atoms with Gasteiger partial charge in [0, 0.05) is 81.2 Å². The molecule has 6 heterocycles. The summed E-state index contributed by atoms with van der Waals surface area (Å²) in [5, 5.41) is 7.00. The van der Waals surface area contributed by atoms with Crippen molar-refractivity contribution in [1.82, 2.24) is 43.4 Å². The first-order valence-electron chi connectivity index (χ1n) is 38.4. The van der Waals surface area contributed by atoms with Crippen molar-refractivity contribution in [2.24, 2.45) is 0 Å². The Hall–Kier alpha value is -8.91. The van der Waals surface area contributed by atoms with Crippen LogP contribution in [0.15, 0.2) is 320 Å². The van der Waals surface area contributed by atoms with E-state index in [0.29, 0.717) is 49.4 Å². The van der Waals surface area contributed by atoms with Crippen molar-refractivity contribution >= 4 is 85.4 Å². The molecule has 12 aromatic rings. The number of aliphatic hydroxyl groups excluding tert-OH is 1. The number of nitrogens with one attached hydrogen (secondary N) is 3. The normalized spacial score (nSPS) is 18.7. The van der Waals surface area contributed by atoms with Gasteiger partial charge in [0.1, 0.15) is 0 Å². The molecule has 24 nitrogen and oxygen atoms in total. The number of morpholine rings is 3. The fourth-order valence-corrected chi connectivity index (χ4v) is 17.3. The maximum Gasteiger partial charge on any atom is 0.380 e. The maximum absolute atomic E-state index is 13.0. The molecule has 4 N–H and O–H groups in total.